The third-order valence-corrected chi connectivity index (χ3v) is 6.03. The summed E-state index contributed by atoms with van der Waals surface area (Å²) in [4.78, 5) is 32.5. The molecule has 0 saturated heterocycles. The first-order valence-electron chi connectivity index (χ1n) is 10.9. The van der Waals surface area contributed by atoms with Gasteiger partial charge in [0, 0.05) is 35.9 Å². The minimum Gasteiger partial charge on any atom is -0.347 e. The van der Waals surface area contributed by atoms with E-state index in [9.17, 15) is 9.59 Å². The molecule has 2 amide bonds. The van der Waals surface area contributed by atoms with Crippen LogP contribution in [0.2, 0.25) is 0 Å². The molecule has 0 aliphatic carbocycles. The molecule has 1 N–H and O–H groups in total. The molecule has 5 rings (SSSR count). The summed E-state index contributed by atoms with van der Waals surface area (Å²) < 4.78 is 2.00. The van der Waals surface area contributed by atoms with Crippen LogP contribution in [0.4, 0.5) is 5.69 Å². The van der Waals surface area contributed by atoms with E-state index in [1.807, 2.05) is 89.2 Å². The van der Waals surface area contributed by atoms with Gasteiger partial charge in [0.2, 0.25) is 0 Å². The molecule has 6 heteroatoms. The fourth-order valence-electron chi connectivity index (χ4n) is 4.27. The molecule has 0 saturated carbocycles. The summed E-state index contributed by atoms with van der Waals surface area (Å²) in [5, 5.41) is 2.98. The van der Waals surface area contributed by atoms with Crippen molar-refractivity contribution < 1.29 is 9.59 Å². The number of nitrogens with one attached hydrogen (secondary N) is 1. The number of para-hydroxylation sites is 1. The van der Waals surface area contributed by atoms with E-state index in [0.717, 1.165) is 28.1 Å². The number of anilines is 1. The minimum atomic E-state index is -0.152. The predicted octanol–water partition coefficient (Wildman–Crippen LogP) is 4.33. The number of hydrogen-bond donors (Lipinski definition) is 1. The Balaban J connectivity index is 1.47. The molecule has 2 aromatic heterocycles. The van der Waals surface area contributed by atoms with Gasteiger partial charge in [-0.25, -0.2) is 0 Å². The molecule has 2 aromatic carbocycles. The number of hydrogen-bond acceptors (Lipinski definition) is 3. The molecule has 0 unspecified atom stereocenters. The monoisotopic (exact) mass is 436 g/mol. The van der Waals surface area contributed by atoms with Crippen molar-refractivity contribution >= 4 is 17.5 Å². The quantitative estimate of drug-likeness (QED) is 0.518. The maximum Gasteiger partial charge on any atom is 0.268 e. The first-order chi connectivity index (χ1) is 16.1. The molecule has 0 radical (unpaired) electrons. The van der Waals surface area contributed by atoms with Gasteiger partial charge in [0.05, 0.1) is 13.1 Å². The normalized spacial score (nSPS) is 12.5. The van der Waals surface area contributed by atoms with Crippen LogP contribution in [0.5, 0.6) is 0 Å². The van der Waals surface area contributed by atoms with Crippen LogP contribution in [0.15, 0.2) is 85.2 Å². The van der Waals surface area contributed by atoms with Crippen molar-refractivity contribution in [3.05, 3.63) is 119 Å². The van der Waals surface area contributed by atoms with Crippen molar-refractivity contribution in [1.29, 1.82) is 0 Å². The topological polar surface area (TPSA) is 67.2 Å². The number of fused-ring (bicyclic) bond motifs is 2. The lowest BCUT2D eigenvalue weighted by molar-refractivity contribution is 0.0941. The van der Waals surface area contributed by atoms with Crippen LogP contribution in [0.1, 0.15) is 43.2 Å². The first-order valence-corrected chi connectivity index (χ1v) is 10.9. The largest absolute Gasteiger partial charge is 0.347 e. The van der Waals surface area contributed by atoms with E-state index in [4.69, 9.17) is 0 Å². The van der Waals surface area contributed by atoms with Gasteiger partial charge in [-0.3, -0.25) is 14.6 Å². The van der Waals surface area contributed by atoms with Crippen molar-refractivity contribution in [2.75, 3.05) is 4.90 Å². The minimum absolute atomic E-state index is 0.0437. The summed E-state index contributed by atoms with van der Waals surface area (Å²) in [6.07, 6.45) is 3.45. The van der Waals surface area contributed by atoms with E-state index in [1.54, 1.807) is 12.4 Å². The standard InChI is InChI=1S/C27H24N4O2/c1-19-7-2-4-10-23(19)27(33)31-18-22-12-13-25(26(32)29-16-20-8-6-14-28-15-20)30(22)17-21-9-3-5-11-24(21)31/h2-15H,16-18H2,1H3,(H,29,32). The van der Waals surface area contributed by atoms with Gasteiger partial charge in [-0.1, -0.05) is 42.5 Å². The molecule has 0 fully saturated rings. The maximum absolute atomic E-state index is 13.6. The van der Waals surface area contributed by atoms with E-state index in [-0.39, 0.29) is 11.8 Å². The molecular weight excluding hydrogens is 412 g/mol. The van der Waals surface area contributed by atoms with Crippen molar-refractivity contribution in [1.82, 2.24) is 14.9 Å². The summed E-state index contributed by atoms with van der Waals surface area (Å²) in [6.45, 7) is 3.26. The number of rotatable bonds is 4. The van der Waals surface area contributed by atoms with Crippen molar-refractivity contribution in [2.45, 2.75) is 26.6 Å². The molecule has 3 heterocycles. The highest BCUT2D eigenvalue weighted by Gasteiger charge is 2.27. The molecule has 0 bridgehead atoms. The summed E-state index contributed by atoms with van der Waals surface area (Å²) in [5.74, 6) is -0.195. The second kappa shape index (κ2) is 8.74. The number of carbonyl (C=O) groups is 2. The van der Waals surface area contributed by atoms with Gasteiger partial charge < -0.3 is 14.8 Å². The van der Waals surface area contributed by atoms with Gasteiger partial charge in [-0.2, -0.15) is 0 Å². The molecule has 6 nitrogen and oxygen atoms in total. The Bertz CT molecular complexity index is 1330. The second-order valence-electron chi connectivity index (χ2n) is 8.17. The highest BCUT2D eigenvalue weighted by molar-refractivity contribution is 6.07. The number of amides is 2. The lowest BCUT2D eigenvalue weighted by Gasteiger charge is -2.23. The predicted molar refractivity (Wildman–Crippen MR) is 127 cm³/mol. The molecule has 1 aliphatic heterocycles. The third-order valence-electron chi connectivity index (χ3n) is 6.03. The molecule has 164 valence electrons. The number of pyridine rings is 1. The highest BCUT2D eigenvalue weighted by Crippen LogP contribution is 2.30. The van der Waals surface area contributed by atoms with Gasteiger partial charge in [0.15, 0.2) is 0 Å². The maximum atomic E-state index is 13.6. The van der Waals surface area contributed by atoms with E-state index < -0.39 is 0 Å². The van der Waals surface area contributed by atoms with Crippen LogP contribution >= 0.6 is 0 Å². The zero-order valence-electron chi connectivity index (χ0n) is 18.4. The summed E-state index contributed by atoms with van der Waals surface area (Å²) in [7, 11) is 0. The summed E-state index contributed by atoms with van der Waals surface area (Å²) in [5.41, 5.74) is 5.92. The first kappa shape index (κ1) is 20.7. The van der Waals surface area contributed by atoms with Gasteiger partial charge in [-0.05, 0) is 53.9 Å². The van der Waals surface area contributed by atoms with E-state index in [0.29, 0.717) is 30.9 Å². The Morgan fingerprint density at radius 1 is 0.939 bits per heavy atom. The van der Waals surface area contributed by atoms with E-state index in [2.05, 4.69) is 10.3 Å². The van der Waals surface area contributed by atoms with Gasteiger partial charge in [0.25, 0.3) is 11.8 Å². The third kappa shape index (κ3) is 4.03. The summed E-state index contributed by atoms with van der Waals surface area (Å²) >= 11 is 0. The highest BCUT2D eigenvalue weighted by atomic mass is 16.2. The number of aromatic nitrogens is 2. The van der Waals surface area contributed by atoms with Crippen LogP contribution in [-0.2, 0) is 19.6 Å². The average Bonchev–Trinajstić information content (AvgIpc) is 3.16. The molecule has 1 aliphatic rings. The molecule has 33 heavy (non-hydrogen) atoms. The Morgan fingerprint density at radius 2 is 1.76 bits per heavy atom. The van der Waals surface area contributed by atoms with Crippen LogP contribution in [-0.4, -0.2) is 21.4 Å². The van der Waals surface area contributed by atoms with Crippen LogP contribution < -0.4 is 10.2 Å². The Hall–Kier alpha value is -4.19. The average molecular weight is 437 g/mol. The van der Waals surface area contributed by atoms with Gasteiger partial charge in [-0.15, -0.1) is 0 Å². The number of carbonyl (C=O) groups excluding carboxylic acids is 2. The Kier molecular flexibility index (Phi) is 5.48. The fraction of sp³-hybridized carbons (Fsp3) is 0.148. The second-order valence-corrected chi connectivity index (χ2v) is 8.17. The fourth-order valence-corrected chi connectivity index (χ4v) is 4.27. The van der Waals surface area contributed by atoms with Gasteiger partial charge in [0.1, 0.15) is 5.69 Å². The number of benzene rings is 2. The Morgan fingerprint density at radius 3 is 2.58 bits per heavy atom. The SMILES string of the molecule is Cc1ccccc1C(=O)N1Cc2ccc(C(=O)NCc3cccnc3)n2Cc2ccccc21. The zero-order chi connectivity index (χ0) is 22.8. The van der Waals surface area contributed by atoms with Crippen molar-refractivity contribution in [3.8, 4) is 0 Å². The number of nitrogens with zero attached hydrogens (tertiary/aromatic N) is 3. The van der Waals surface area contributed by atoms with Crippen LogP contribution in [0.25, 0.3) is 0 Å². The number of aryl methyl sites for hydroxylation is 1. The zero-order valence-corrected chi connectivity index (χ0v) is 18.4. The molecular formula is C27H24N4O2. The van der Waals surface area contributed by atoms with Crippen molar-refractivity contribution in [2.24, 2.45) is 0 Å². The van der Waals surface area contributed by atoms with Crippen LogP contribution in [0, 0.1) is 6.92 Å². The molecule has 0 atom stereocenters. The van der Waals surface area contributed by atoms with E-state index >= 15 is 0 Å². The van der Waals surface area contributed by atoms with Crippen molar-refractivity contribution in [3.63, 3.8) is 0 Å². The smallest absolute Gasteiger partial charge is 0.268 e. The summed E-state index contributed by atoms with van der Waals surface area (Å²) in [6, 6.07) is 23.1. The molecule has 4 aromatic rings. The lowest BCUT2D eigenvalue weighted by Crippen LogP contribution is -2.31. The lowest BCUT2D eigenvalue weighted by atomic mass is 10.1. The Labute approximate surface area is 192 Å². The van der Waals surface area contributed by atoms with Gasteiger partial charge >= 0.3 is 0 Å². The molecule has 0 spiro atoms. The van der Waals surface area contributed by atoms with Crippen LogP contribution in [0.3, 0.4) is 0 Å². The van der Waals surface area contributed by atoms with E-state index in [1.165, 1.54) is 0 Å².